The summed E-state index contributed by atoms with van der Waals surface area (Å²) in [5.41, 5.74) is -0.308. The minimum absolute atomic E-state index is 0.0925. The maximum absolute atomic E-state index is 11.9. The van der Waals surface area contributed by atoms with Gasteiger partial charge in [0.15, 0.2) is 0 Å². The fourth-order valence-electron chi connectivity index (χ4n) is 2.98. The second-order valence-corrected chi connectivity index (χ2v) is 6.07. The Kier molecular flexibility index (Phi) is 8.11. The van der Waals surface area contributed by atoms with Crippen LogP contribution in [0.15, 0.2) is 0 Å². The Hall–Kier alpha value is -0.570. The molecule has 3 heteroatoms. The quantitative estimate of drug-likeness (QED) is 0.629. The highest BCUT2D eigenvalue weighted by Gasteiger charge is 2.32. The lowest BCUT2D eigenvalue weighted by Crippen LogP contribution is -2.52. The molecule has 1 fully saturated rings. The van der Waals surface area contributed by atoms with Crippen LogP contribution in [0.25, 0.3) is 0 Å². The van der Waals surface area contributed by atoms with Crippen molar-refractivity contribution in [2.75, 3.05) is 6.61 Å². The zero-order valence-electron chi connectivity index (χ0n) is 12.5. The Morgan fingerprint density at radius 2 is 1.68 bits per heavy atom. The predicted molar refractivity (Wildman–Crippen MR) is 79.0 cm³/mol. The molecule has 0 saturated heterocycles. The summed E-state index contributed by atoms with van der Waals surface area (Å²) in [5.74, 6) is 0.131. The second-order valence-electron chi connectivity index (χ2n) is 6.07. The number of hydrogen-bond donors (Lipinski definition) is 2. The van der Waals surface area contributed by atoms with Crippen LogP contribution >= 0.6 is 0 Å². The van der Waals surface area contributed by atoms with E-state index in [2.05, 4.69) is 12.2 Å². The van der Waals surface area contributed by atoms with Crippen LogP contribution in [0, 0.1) is 0 Å². The number of amides is 1. The molecule has 0 aromatic carbocycles. The topological polar surface area (TPSA) is 49.3 Å². The van der Waals surface area contributed by atoms with Gasteiger partial charge in [-0.25, -0.2) is 0 Å². The number of carbonyl (C=O) groups excluding carboxylic acids is 1. The van der Waals surface area contributed by atoms with Crippen molar-refractivity contribution in [2.24, 2.45) is 0 Å². The number of hydrogen-bond acceptors (Lipinski definition) is 2. The van der Waals surface area contributed by atoms with E-state index in [-0.39, 0.29) is 18.1 Å². The van der Waals surface area contributed by atoms with Crippen molar-refractivity contribution < 1.29 is 9.90 Å². The van der Waals surface area contributed by atoms with Crippen molar-refractivity contribution in [2.45, 2.75) is 89.5 Å². The Labute approximate surface area is 118 Å². The number of nitrogens with one attached hydrogen (secondary N) is 1. The number of unbranched alkanes of at least 4 members (excludes halogenated alkanes) is 5. The average Bonchev–Trinajstić information content (AvgIpc) is 2.43. The molecular formula is C16H31NO2. The van der Waals surface area contributed by atoms with Gasteiger partial charge in [0.2, 0.25) is 5.91 Å². The van der Waals surface area contributed by atoms with E-state index in [1.54, 1.807) is 0 Å². The normalized spacial score (nSPS) is 18.2. The Balaban J connectivity index is 2.15. The number of aliphatic hydroxyl groups excluding tert-OH is 1. The molecule has 0 aromatic rings. The average molecular weight is 269 g/mol. The van der Waals surface area contributed by atoms with Crippen molar-refractivity contribution in [3.63, 3.8) is 0 Å². The van der Waals surface area contributed by atoms with Gasteiger partial charge in [0.05, 0.1) is 12.1 Å². The van der Waals surface area contributed by atoms with E-state index in [9.17, 15) is 9.90 Å². The Bertz CT molecular complexity index is 247. The van der Waals surface area contributed by atoms with Gasteiger partial charge in [0, 0.05) is 6.42 Å². The number of rotatable bonds is 9. The van der Waals surface area contributed by atoms with Crippen molar-refractivity contribution in [3.8, 4) is 0 Å². The summed E-state index contributed by atoms with van der Waals surface area (Å²) < 4.78 is 0. The first-order valence-corrected chi connectivity index (χ1v) is 8.14. The van der Waals surface area contributed by atoms with E-state index in [0.717, 1.165) is 38.5 Å². The van der Waals surface area contributed by atoms with Gasteiger partial charge in [-0.2, -0.15) is 0 Å². The minimum atomic E-state index is -0.308. The molecule has 1 aliphatic carbocycles. The SMILES string of the molecule is CCCCCCCCC(=O)NC1(CO)CCCCC1. The third-order valence-electron chi connectivity index (χ3n) is 4.28. The lowest BCUT2D eigenvalue weighted by atomic mass is 9.82. The van der Waals surface area contributed by atoms with Crippen LogP contribution in [-0.4, -0.2) is 23.2 Å². The van der Waals surface area contributed by atoms with Crippen molar-refractivity contribution >= 4 is 5.91 Å². The smallest absolute Gasteiger partial charge is 0.220 e. The van der Waals surface area contributed by atoms with Crippen molar-refractivity contribution in [1.29, 1.82) is 0 Å². The lowest BCUT2D eigenvalue weighted by molar-refractivity contribution is -0.124. The largest absolute Gasteiger partial charge is 0.394 e. The summed E-state index contributed by atoms with van der Waals surface area (Å²) in [7, 11) is 0. The van der Waals surface area contributed by atoms with Gasteiger partial charge in [-0.3, -0.25) is 4.79 Å². The van der Waals surface area contributed by atoms with E-state index in [1.165, 1.54) is 32.1 Å². The van der Waals surface area contributed by atoms with Gasteiger partial charge in [-0.05, 0) is 19.3 Å². The number of carbonyl (C=O) groups is 1. The molecule has 19 heavy (non-hydrogen) atoms. The minimum Gasteiger partial charge on any atom is -0.394 e. The first kappa shape index (κ1) is 16.5. The van der Waals surface area contributed by atoms with E-state index in [4.69, 9.17) is 0 Å². The molecule has 1 saturated carbocycles. The Morgan fingerprint density at radius 3 is 2.32 bits per heavy atom. The van der Waals surface area contributed by atoms with Crippen LogP contribution in [0.4, 0.5) is 0 Å². The maximum atomic E-state index is 11.9. The third kappa shape index (κ3) is 6.42. The molecule has 0 spiro atoms. The maximum Gasteiger partial charge on any atom is 0.220 e. The molecule has 0 aliphatic heterocycles. The van der Waals surface area contributed by atoms with Gasteiger partial charge in [0.1, 0.15) is 0 Å². The lowest BCUT2D eigenvalue weighted by Gasteiger charge is -2.36. The first-order valence-electron chi connectivity index (χ1n) is 8.14. The molecule has 1 amide bonds. The van der Waals surface area contributed by atoms with E-state index in [1.807, 2.05) is 0 Å². The van der Waals surface area contributed by atoms with Gasteiger partial charge < -0.3 is 10.4 Å². The highest BCUT2D eigenvalue weighted by Crippen LogP contribution is 2.27. The van der Waals surface area contributed by atoms with Gasteiger partial charge >= 0.3 is 0 Å². The summed E-state index contributed by atoms with van der Waals surface area (Å²) >= 11 is 0. The number of aliphatic hydroxyl groups is 1. The summed E-state index contributed by atoms with van der Waals surface area (Å²) in [4.78, 5) is 11.9. The molecule has 0 bridgehead atoms. The van der Waals surface area contributed by atoms with Gasteiger partial charge in [0.25, 0.3) is 0 Å². The zero-order valence-corrected chi connectivity index (χ0v) is 12.5. The summed E-state index contributed by atoms with van der Waals surface area (Å²) in [6, 6.07) is 0. The Morgan fingerprint density at radius 1 is 1.05 bits per heavy atom. The zero-order chi connectivity index (χ0) is 14.0. The van der Waals surface area contributed by atoms with Crippen LogP contribution in [0.1, 0.15) is 84.0 Å². The summed E-state index contributed by atoms with van der Waals surface area (Å²) in [5, 5.41) is 12.6. The molecule has 0 unspecified atom stereocenters. The molecule has 0 radical (unpaired) electrons. The molecule has 3 nitrogen and oxygen atoms in total. The fourth-order valence-corrected chi connectivity index (χ4v) is 2.98. The first-order chi connectivity index (χ1) is 9.22. The highest BCUT2D eigenvalue weighted by atomic mass is 16.3. The molecule has 0 aromatic heterocycles. The van der Waals surface area contributed by atoms with Crippen LogP contribution in [0.2, 0.25) is 0 Å². The van der Waals surface area contributed by atoms with Crippen molar-refractivity contribution in [1.82, 2.24) is 5.32 Å². The molecule has 112 valence electrons. The molecule has 1 aliphatic rings. The van der Waals surface area contributed by atoms with Crippen LogP contribution in [0.3, 0.4) is 0 Å². The molecule has 2 N–H and O–H groups in total. The standard InChI is InChI=1S/C16H31NO2/c1-2-3-4-5-6-8-11-15(19)17-16(14-18)12-9-7-10-13-16/h18H,2-14H2,1H3,(H,17,19). The summed E-state index contributed by atoms with van der Waals surface area (Å²) in [6.07, 6.45) is 13.2. The summed E-state index contributed by atoms with van der Waals surface area (Å²) in [6.45, 7) is 2.31. The molecule has 0 heterocycles. The fraction of sp³-hybridized carbons (Fsp3) is 0.938. The molecular weight excluding hydrogens is 238 g/mol. The molecule has 1 rings (SSSR count). The predicted octanol–water partition coefficient (Wildman–Crippen LogP) is 3.55. The van der Waals surface area contributed by atoms with E-state index >= 15 is 0 Å². The van der Waals surface area contributed by atoms with Crippen LogP contribution < -0.4 is 5.32 Å². The van der Waals surface area contributed by atoms with Gasteiger partial charge in [-0.15, -0.1) is 0 Å². The van der Waals surface area contributed by atoms with Crippen LogP contribution in [0.5, 0.6) is 0 Å². The highest BCUT2D eigenvalue weighted by molar-refractivity contribution is 5.76. The van der Waals surface area contributed by atoms with E-state index in [0.29, 0.717) is 6.42 Å². The molecule has 0 atom stereocenters. The van der Waals surface area contributed by atoms with Crippen LogP contribution in [-0.2, 0) is 4.79 Å². The third-order valence-corrected chi connectivity index (χ3v) is 4.28. The van der Waals surface area contributed by atoms with Gasteiger partial charge in [-0.1, -0.05) is 58.3 Å². The van der Waals surface area contributed by atoms with Crippen molar-refractivity contribution in [3.05, 3.63) is 0 Å². The second kappa shape index (κ2) is 9.35. The monoisotopic (exact) mass is 269 g/mol. The van der Waals surface area contributed by atoms with E-state index < -0.39 is 0 Å².